The maximum Gasteiger partial charge on any atom is 0.328 e. The Bertz CT molecular complexity index is 773. The normalized spacial score (nSPS) is 13.2. The molecule has 2 aromatic rings. The first-order valence-electron chi connectivity index (χ1n) is 7.63. The first-order valence-corrected chi connectivity index (χ1v) is 7.63. The molecule has 25 heavy (non-hydrogen) atoms. The first kappa shape index (κ1) is 18.4. The quantitative estimate of drug-likeness (QED) is 0.348. The van der Waals surface area contributed by atoms with Crippen LogP contribution >= 0.6 is 0 Å². The standard InChI is InChI=1S/C16H20N4O5/c17-11(5-9-6-18-12-4-2-1-3-10(9)12)15(23)19-7-14(22)20-13(8-21)16(24)25/h1-4,6,11,13,18,21H,5,7-8,17H2,(H,19,23)(H,20,22)(H,24,25)/t11-,13-/m0/s1. The molecular formula is C16H20N4O5. The Labute approximate surface area is 143 Å². The van der Waals surface area contributed by atoms with E-state index in [-0.39, 0.29) is 6.42 Å². The predicted molar refractivity (Wildman–Crippen MR) is 89.6 cm³/mol. The topological polar surface area (TPSA) is 158 Å². The van der Waals surface area contributed by atoms with Gasteiger partial charge in [-0.05, 0) is 18.1 Å². The van der Waals surface area contributed by atoms with Gasteiger partial charge in [0.1, 0.15) is 6.04 Å². The molecule has 1 heterocycles. The largest absolute Gasteiger partial charge is 0.480 e. The smallest absolute Gasteiger partial charge is 0.328 e. The third kappa shape index (κ3) is 4.78. The highest BCUT2D eigenvalue weighted by Gasteiger charge is 2.20. The summed E-state index contributed by atoms with van der Waals surface area (Å²) < 4.78 is 0. The van der Waals surface area contributed by atoms with E-state index in [1.165, 1.54) is 0 Å². The van der Waals surface area contributed by atoms with Crippen LogP contribution in [0.15, 0.2) is 30.5 Å². The average Bonchev–Trinajstić information content (AvgIpc) is 3.00. The molecule has 0 bridgehead atoms. The maximum atomic E-state index is 12.0. The minimum atomic E-state index is -1.41. The number of rotatable bonds is 8. The second-order valence-electron chi connectivity index (χ2n) is 5.53. The van der Waals surface area contributed by atoms with E-state index in [1.54, 1.807) is 6.20 Å². The van der Waals surface area contributed by atoms with E-state index in [0.717, 1.165) is 16.5 Å². The number of hydrogen-bond donors (Lipinski definition) is 6. The number of carbonyl (C=O) groups is 3. The van der Waals surface area contributed by atoms with Crippen LogP contribution in [0.4, 0.5) is 0 Å². The van der Waals surface area contributed by atoms with Gasteiger partial charge in [-0.25, -0.2) is 4.79 Å². The fraction of sp³-hybridized carbons (Fsp3) is 0.312. The molecule has 0 aliphatic rings. The second kappa shape index (κ2) is 8.27. The second-order valence-corrected chi connectivity index (χ2v) is 5.53. The van der Waals surface area contributed by atoms with Gasteiger partial charge in [0, 0.05) is 17.1 Å². The lowest BCUT2D eigenvalue weighted by Gasteiger charge is -2.14. The van der Waals surface area contributed by atoms with Crippen LogP contribution in [0.25, 0.3) is 10.9 Å². The van der Waals surface area contributed by atoms with Crippen molar-refractivity contribution >= 4 is 28.7 Å². The molecule has 0 saturated heterocycles. The summed E-state index contributed by atoms with van der Waals surface area (Å²) in [5.74, 6) is -2.62. The summed E-state index contributed by atoms with van der Waals surface area (Å²) in [6, 6.07) is 5.33. The lowest BCUT2D eigenvalue weighted by atomic mass is 10.1. The first-order chi connectivity index (χ1) is 11.9. The number of benzene rings is 1. The highest BCUT2D eigenvalue weighted by atomic mass is 16.4. The Morgan fingerprint density at radius 1 is 1.24 bits per heavy atom. The zero-order valence-electron chi connectivity index (χ0n) is 13.4. The number of carboxylic acid groups (broad SMARTS) is 1. The van der Waals surface area contributed by atoms with E-state index in [1.807, 2.05) is 24.3 Å². The highest BCUT2D eigenvalue weighted by molar-refractivity contribution is 5.90. The summed E-state index contributed by atoms with van der Waals surface area (Å²) in [6.45, 7) is -1.17. The molecule has 2 rings (SSSR count). The molecule has 2 amide bonds. The molecule has 0 radical (unpaired) electrons. The van der Waals surface area contributed by atoms with Gasteiger partial charge in [0.2, 0.25) is 11.8 Å². The molecule has 0 saturated carbocycles. The monoisotopic (exact) mass is 348 g/mol. The number of fused-ring (bicyclic) bond motifs is 1. The van der Waals surface area contributed by atoms with Crippen molar-refractivity contribution in [2.75, 3.05) is 13.2 Å². The van der Waals surface area contributed by atoms with Gasteiger partial charge >= 0.3 is 5.97 Å². The number of aromatic nitrogens is 1. The minimum Gasteiger partial charge on any atom is -0.480 e. The zero-order valence-corrected chi connectivity index (χ0v) is 13.4. The van der Waals surface area contributed by atoms with Crippen LogP contribution in [0, 0.1) is 0 Å². The number of carboxylic acids is 1. The van der Waals surface area contributed by atoms with Crippen molar-refractivity contribution < 1.29 is 24.6 Å². The van der Waals surface area contributed by atoms with Crippen molar-refractivity contribution in [2.45, 2.75) is 18.5 Å². The third-order valence-corrected chi connectivity index (χ3v) is 3.69. The van der Waals surface area contributed by atoms with Crippen molar-refractivity contribution in [3.8, 4) is 0 Å². The lowest BCUT2D eigenvalue weighted by Crippen LogP contribution is -2.50. The van der Waals surface area contributed by atoms with E-state index in [4.69, 9.17) is 15.9 Å². The molecule has 0 aliphatic carbocycles. The van der Waals surface area contributed by atoms with Gasteiger partial charge in [0.25, 0.3) is 0 Å². The van der Waals surface area contributed by atoms with Crippen LogP contribution in [0.2, 0.25) is 0 Å². The van der Waals surface area contributed by atoms with Crippen LogP contribution in [0.3, 0.4) is 0 Å². The number of nitrogens with two attached hydrogens (primary N) is 1. The Balaban J connectivity index is 1.86. The molecule has 7 N–H and O–H groups in total. The number of hydrogen-bond acceptors (Lipinski definition) is 5. The average molecular weight is 348 g/mol. The molecule has 0 unspecified atom stereocenters. The van der Waals surface area contributed by atoms with Crippen molar-refractivity contribution in [1.82, 2.24) is 15.6 Å². The van der Waals surface area contributed by atoms with Gasteiger partial charge in [-0.15, -0.1) is 0 Å². The number of aliphatic hydroxyl groups excluding tert-OH is 1. The molecule has 0 fully saturated rings. The Kier molecular flexibility index (Phi) is 6.09. The minimum absolute atomic E-state index is 0.284. The zero-order chi connectivity index (χ0) is 18.4. The number of nitrogens with one attached hydrogen (secondary N) is 3. The number of amides is 2. The number of H-pyrrole nitrogens is 1. The summed E-state index contributed by atoms with van der Waals surface area (Å²) in [5, 5.41) is 23.0. The Morgan fingerprint density at radius 2 is 1.96 bits per heavy atom. The van der Waals surface area contributed by atoms with Crippen LogP contribution in [0.5, 0.6) is 0 Å². The van der Waals surface area contributed by atoms with Gasteiger partial charge in [-0.3, -0.25) is 9.59 Å². The molecule has 2 atom stereocenters. The summed E-state index contributed by atoms with van der Waals surface area (Å²) >= 11 is 0. The van der Waals surface area contributed by atoms with Crippen molar-refractivity contribution in [3.63, 3.8) is 0 Å². The fourth-order valence-electron chi connectivity index (χ4n) is 2.36. The number of aliphatic carboxylic acids is 1. The Morgan fingerprint density at radius 3 is 2.64 bits per heavy atom. The SMILES string of the molecule is N[C@@H](Cc1c[nH]c2ccccc12)C(=O)NCC(=O)N[C@@H](CO)C(=O)O. The van der Waals surface area contributed by atoms with Gasteiger partial charge in [-0.1, -0.05) is 18.2 Å². The fourth-order valence-corrected chi connectivity index (χ4v) is 2.36. The number of aromatic amines is 1. The summed E-state index contributed by atoms with van der Waals surface area (Å²) in [6.07, 6.45) is 2.06. The van der Waals surface area contributed by atoms with Crippen LogP contribution < -0.4 is 16.4 Å². The molecule has 1 aromatic carbocycles. The van der Waals surface area contributed by atoms with Crippen molar-refractivity contribution in [2.24, 2.45) is 5.73 Å². The Hall–Kier alpha value is -2.91. The predicted octanol–water partition coefficient (Wildman–Crippen LogP) is -1.28. The maximum absolute atomic E-state index is 12.0. The van der Waals surface area contributed by atoms with Crippen LogP contribution in [0.1, 0.15) is 5.56 Å². The summed E-state index contributed by atoms with van der Waals surface area (Å²) in [7, 11) is 0. The van der Waals surface area contributed by atoms with Crippen molar-refractivity contribution in [3.05, 3.63) is 36.0 Å². The van der Waals surface area contributed by atoms with E-state index < -0.39 is 43.0 Å². The molecule has 134 valence electrons. The van der Waals surface area contributed by atoms with E-state index in [9.17, 15) is 14.4 Å². The third-order valence-electron chi connectivity index (χ3n) is 3.69. The van der Waals surface area contributed by atoms with E-state index >= 15 is 0 Å². The lowest BCUT2D eigenvalue weighted by molar-refractivity contribution is -0.142. The highest BCUT2D eigenvalue weighted by Crippen LogP contribution is 2.18. The van der Waals surface area contributed by atoms with Gasteiger partial charge in [0.15, 0.2) is 0 Å². The molecule has 0 spiro atoms. The summed E-state index contributed by atoms with van der Waals surface area (Å²) in [4.78, 5) is 37.4. The molecular weight excluding hydrogens is 328 g/mol. The molecule has 9 heteroatoms. The number of para-hydroxylation sites is 1. The number of aliphatic hydroxyl groups is 1. The van der Waals surface area contributed by atoms with Gasteiger partial charge < -0.3 is 31.6 Å². The van der Waals surface area contributed by atoms with Gasteiger partial charge in [0.05, 0.1) is 19.2 Å². The van der Waals surface area contributed by atoms with Crippen molar-refractivity contribution in [1.29, 1.82) is 0 Å². The molecule has 0 aliphatic heterocycles. The molecule has 9 nitrogen and oxygen atoms in total. The summed E-state index contributed by atoms with van der Waals surface area (Å²) in [5.41, 5.74) is 7.69. The van der Waals surface area contributed by atoms with E-state index in [2.05, 4.69) is 15.6 Å². The number of carbonyl (C=O) groups excluding carboxylic acids is 2. The van der Waals surface area contributed by atoms with Crippen LogP contribution in [-0.4, -0.2) is 58.2 Å². The molecule has 1 aromatic heterocycles. The van der Waals surface area contributed by atoms with Crippen LogP contribution in [-0.2, 0) is 20.8 Å². The van der Waals surface area contributed by atoms with Gasteiger partial charge in [-0.2, -0.15) is 0 Å². The van der Waals surface area contributed by atoms with E-state index in [0.29, 0.717) is 0 Å².